The topological polar surface area (TPSA) is 49.6 Å². The molecule has 0 aromatic heterocycles. The fraction of sp³-hybridized carbons (Fsp3) is 0.421. The fourth-order valence-electron chi connectivity index (χ4n) is 2.89. The Kier molecular flexibility index (Phi) is 5.99. The highest BCUT2D eigenvalue weighted by Gasteiger charge is 2.17. The van der Waals surface area contributed by atoms with E-state index in [1.807, 2.05) is 48.2 Å². The zero-order valence-electron chi connectivity index (χ0n) is 14.4. The third-order valence-corrected chi connectivity index (χ3v) is 4.36. The van der Waals surface area contributed by atoms with Crippen molar-refractivity contribution < 1.29 is 4.79 Å². The monoisotopic (exact) mass is 313 g/mol. The molecule has 0 spiro atoms. The molecule has 0 aliphatic rings. The van der Waals surface area contributed by atoms with Crippen LogP contribution in [0.1, 0.15) is 27.2 Å². The molecule has 4 nitrogen and oxygen atoms in total. The van der Waals surface area contributed by atoms with E-state index in [4.69, 9.17) is 5.73 Å². The van der Waals surface area contributed by atoms with Crippen LogP contribution in [0.15, 0.2) is 36.4 Å². The molecule has 0 radical (unpaired) electrons. The van der Waals surface area contributed by atoms with Crippen LogP contribution in [0.4, 0.5) is 11.4 Å². The Balaban J connectivity index is 2.40. The molecular formula is C19H27N3O. The van der Waals surface area contributed by atoms with Gasteiger partial charge in [-0.05, 0) is 25.2 Å². The molecule has 4 heteroatoms. The number of carbonyl (C=O) groups excluding carboxylic acids is 1. The molecule has 0 bridgehead atoms. The predicted octanol–water partition coefficient (Wildman–Crippen LogP) is 3.51. The summed E-state index contributed by atoms with van der Waals surface area (Å²) in [7, 11) is 0. The Morgan fingerprint density at radius 3 is 2.22 bits per heavy atom. The Hall–Kier alpha value is -2.07. The summed E-state index contributed by atoms with van der Waals surface area (Å²) in [4.78, 5) is 16.7. The van der Waals surface area contributed by atoms with Gasteiger partial charge in [0.2, 0.25) is 5.91 Å². The van der Waals surface area contributed by atoms with E-state index < -0.39 is 0 Å². The second-order valence-electron chi connectivity index (χ2n) is 5.65. The number of carbonyl (C=O) groups is 1. The Morgan fingerprint density at radius 1 is 0.957 bits per heavy atom. The van der Waals surface area contributed by atoms with Crippen LogP contribution in [0.5, 0.6) is 0 Å². The van der Waals surface area contributed by atoms with E-state index in [1.54, 1.807) is 0 Å². The number of fused-ring (bicyclic) bond motifs is 1. The summed E-state index contributed by atoms with van der Waals surface area (Å²) in [6.45, 7) is 9.76. The van der Waals surface area contributed by atoms with E-state index in [0.717, 1.165) is 41.8 Å². The minimum Gasteiger partial charge on any atom is -0.398 e. The number of hydrogen-bond acceptors (Lipinski definition) is 3. The normalized spacial score (nSPS) is 11.1. The largest absolute Gasteiger partial charge is 0.398 e. The van der Waals surface area contributed by atoms with Crippen molar-refractivity contribution in [2.75, 3.05) is 36.8 Å². The van der Waals surface area contributed by atoms with Gasteiger partial charge in [-0.3, -0.25) is 4.79 Å². The molecule has 0 heterocycles. The van der Waals surface area contributed by atoms with Crippen LogP contribution in [0, 0.1) is 0 Å². The van der Waals surface area contributed by atoms with Gasteiger partial charge in [-0.2, -0.15) is 0 Å². The van der Waals surface area contributed by atoms with Crippen molar-refractivity contribution in [2.45, 2.75) is 27.2 Å². The highest BCUT2D eigenvalue weighted by molar-refractivity contribution is 6.07. The minimum atomic E-state index is 0.145. The maximum absolute atomic E-state index is 12.5. The van der Waals surface area contributed by atoms with Crippen molar-refractivity contribution in [3.63, 3.8) is 0 Å². The van der Waals surface area contributed by atoms with Gasteiger partial charge in [0.05, 0.1) is 5.69 Å². The number of benzene rings is 2. The van der Waals surface area contributed by atoms with E-state index >= 15 is 0 Å². The number of likely N-dealkylation sites (N-methyl/N-ethyl adjacent to an activating group) is 1. The van der Waals surface area contributed by atoms with Crippen molar-refractivity contribution in [1.29, 1.82) is 0 Å². The van der Waals surface area contributed by atoms with Crippen LogP contribution in [0.3, 0.4) is 0 Å². The fourth-order valence-corrected chi connectivity index (χ4v) is 2.89. The number of hydrogen-bond donors (Lipinski definition) is 1. The third kappa shape index (κ3) is 3.82. The molecule has 2 aromatic carbocycles. The number of anilines is 2. The van der Waals surface area contributed by atoms with Gasteiger partial charge < -0.3 is 15.5 Å². The summed E-state index contributed by atoms with van der Waals surface area (Å²) in [5.74, 6) is 0.145. The Bertz CT molecular complexity index is 665. The first-order valence-corrected chi connectivity index (χ1v) is 8.42. The van der Waals surface area contributed by atoms with Crippen LogP contribution in [0.25, 0.3) is 10.8 Å². The quantitative estimate of drug-likeness (QED) is 0.796. The van der Waals surface area contributed by atoms with Crippen molar-refractivity contribution in [2.24, 2.45) is 0 Å². The molecule has 2 aromatic rings. The molecule has 0 saturated heterocycles. The molecule has 0 fully saturated rings. The average molecular weight is 313 g/mol. The molecule has 0 unspecified atom stereocenters. The summed E-state index contributed by atoms with van der Waals surface area (Å²) in [5.41, 5.74) is 7.79. The van der Waals surface area contributed by atoms with Crippen LogP contribution in [-0.2, 0) is 4.79 Å². The van der Waals surface area contributed by atoms with Crippen LogP contribution >= 0.6 is 0 Å². The lowest BCUT2D eigenvalue weighted by molar-refractivity contribution is -0.118. The summed E-state index contributed by atoms with van der Waals surface area (Å²) in [6, 6.07) is 11.9. The molecular weight excluding hydrogens is 286 g/mol. The Labute approximate surface area is 138 Å². The van der Waals surface area contributed by atoms with Gasteiger partial charge in [0.1, 0.15) is 0 Å². The highest BCUT2D eigenvalue weighted by atomic mass is 16.2. The maximum Gasteiger partial charge on any atom is 0.226 e. The molecule has 2 rings (SSSR count). The SMILES string of the molecule is CCC(=O)N(CCN(CC)CC)c1ccc(N)c2ccccc12. The zero-order chi connectivity index (χ0) is 16.8. The van der Waals surface area contributed by atoms with Gasteiger partial charge in [-0.1, -0.05) is 45.0 Å². The van der Waals surface area contributed by atoms with Gasteiger partial charge in [-0.25, -0.2) is 0 Å². The number of amides is 1. The van der Waals surface area contributed by atoms with Crippen molar-refractivity contribution in [1.82, 2.24) is 4.90 Å². The molecule has 124 valence electrons. The molecule has 2 N–H and O–H groups in total. The number of rotatable bonds is 7. The smallest absolute Gasteiger partial charge is 0.226 e. The summed E-state index contributed by atoms with van der Waals surface area (Å²) in [5, 5.41) is 2.04. The lowest BCUT2D eigenvalue weighted by atomic mass is 10.1. The first-order valence-electron chi connectivity index (χ1n) is 8.42. The third-order valence-electron chi connectivity index (χ3n) is 4.36. The summed E-state index contributed by atoms with van der Waals surface area (Å²) >= 11 is 0. The number of nitrogen functional groups attached to an aromatic ring is 1. The van der Waals surface area contributed by atoms with E-state index in [-0.39, 0.29) is 5.91 Å². The molecule has 23 heavy (non-hydrogen) atoms. The Morgan fingerprint density at radius 2 is 1.61 bits per heavy atom. The van der Waals surface area contributed by atoms with Crippen LogP contribution in [0.2, 0.25) is 0 Å². The van der Waals surface area contributed by atoms with Gasteiger partial charge in [0.15, 0.2) is 0 Å². The summed E-state index contributed by atoms with van der Waals surface area (Å²) < 4.78 is 0. The second-order valence-corrected chi connectivity index (χ2v) is 5.65. The van der Waals surface area contributed by atoms with Gasteiger partial charge in [-0.15, -0.1) is 0 Å². The molecule has 0 aliphatic heterocycles. The van der Waals surface area contributed by atoms with E-state index in [2.05, 4.69) is 18.7 Å². The van der Waals surface area contributed by atoms with Gasteiger partial charge in [0, 0.05) is 36.0 Å². The molecule has 1 amide bonds. The highest BCUT2D eigenvalue weighted by Crippen LogP contribution is 2.31. The second kappa shape index (κ2) is 7.97. The standard InChI is InChI=1S/C19H27N3O/c1-4-19(23)22(14-13-21(5-2)6-3)18-12-11-17(20)15-9-7-8-10-16(15)18/h7-12H,4-6,13-14,20H2,1-3H3. The van der Waals surface area contributed by atoms with Gasteiger partial charge in [0.25, 0.3) is 0 Å². The molecule has 0 aliphatic carbocycles. The predicted molar refractivity (Wildman–Crippen MR) is 98.8 cm³/mol. The van der Waals surface area contributed by atoms with Crippen molar-refractivity contribution in [3.8, 4) is 0 Å². The van der Waals surface area contributed by atoms with Crippen molar-refractivity contribution >= 4 is 28.1 Å². The lowest BCUT2D eigenvalue weighted by Gasteiger charge is -2.27. The molecule has 0 saturated carbocycles. The van der Waals surface area contributed by atoms with Crippen molar-refractivity contribution in [3.05, 3.63) is 36.4 Å². The maximum atomic E-state index is 12.5. The van der Waals surface area contributed by atoms with E-state index in [9.17, 15) is 4.79 Å². The van der Waals surface area contributed by atoms with Crippen LogP contribution in [-0.4, -0.2) is 37.0 Å². The van der Waals surface area contributed by atoms with Gasteiger partial charge >= 0.3 is 0 Å². The lowest BCUT2D eigenvalue weighted by Crippen LogP contribution is -2.38. The minimum absolute atomic E-state index is 0.145. The molecule has 0 atom stereocenters. The zero-order valence-corrected chi connectivity index (χ0v) is 14.4. The number of nitrogens with two attached hydrogens (primary N) is 1. The first-order chi connectivity index (χ1) is 11.1. The first kappa shape index (κ1) is 17.3. The number of nitrogens with zero attached hydrogens (tertiary/aromatic N) is 2. The average Bonchev–Trinajstić information content (AvgIpc) is 2.60. The van der Waals surface area contributed by atoms with E-state index in [1.165, 1.54) is 0 Å². The van der Waals surface area contributed by atoms with Crippen LogP contribution < -0.4 is 10.6 Å². The van der Waals surface area contributed by atoms with E-state index in [0.29, 0.717) is 13.0 Å². The summed E-state index contributed by atoms with van der Waals surface area (Å²) in [6.07, 6.45) is 0.497.